The van der Waals surface area contributed by atoms with Crippen LogP contribution in [-0.2, 0) is 0 Å². The summed E-state index contributed by atoms with van der Waals surface area (Å²) >= 11 is 9.28. The minimum Gasteiger partial charge on any atom is -0.368 e. The molecule has 0 fully saturated rings. The summed E-state index contributed by atoms with van der Waals surface area (Å²) in [4.78, 5) is 13.5. The van der Waals surface area contributed by atoms with Gasteiger partial charge in [0.2, 0.25) is 11.9 Å². The normalized spacial score (nSPS) is 12.2. The fraction of sp³-hybridized carbons (Fsp3) is 0.308. The summed E-state index contributed by atoms with van der Waals surface area (Å²) in [7, 11) is 0. The Balaban J connectivity index is 2.19. The summed E-state index contributed by atoms with van der Waals surface area (Å²) in [5.74, 6) is 0.671. The lowest BCUT2D eigenvalue weighted by Gasteiger charge is -2.15. The summed E-state index contributed by atoms with van der Waals surface area (Å²) in [6, 6.07) is 6.01. The maximum Gasteiger partial charge on any atom is 0.228 e. The molecule has 0 spiro atoms. The first kappa shape index (κ1) is 16.2. The van der Waals surface area contributed by atoms with Gasteiger partial charge >= 0.3 is 0 Å². The van der Waals surface area contributed by atoms with Crippen LogP contribution in [0.5, 0.6) is 0 Å². The lowest BCUT2D eigenvalue weighted by Crippen LogP contribution is -2.11. The van der Waals surface area contributed by atoms with Crippen LogP contribution in [0.3, 0.4) is 0 Å². The summed E-state index contributed by atoms with van der Waals surface area (Å²) in [6.45, 7) is 2.02. The van der Waals surface area contributed by atoms with Crippen molar-refractivity contribution in [2.75, 3.05) is 23.6 Å². The molecule has 8 heteroatoms. The zero-order valence-electron chi connectivity index (χ0n) is 11.9. The van der Waals surface area contributed by atoms with Gasteiger partial charge in [-0.25, -0.2) is 0 Å². The first-order valence-corrected chi connectivity index (χ1v) is 9.01. The fourth-order valence-corrected chi connectivity index (χ4v) is 3.00. The molecule has 2 rings (SSSR count). The van der Waals surface area contributed by atoms with Gasteiger partial charge in [-0.1, -0.05) is 29.4 Å². The molecule has 3 N–H and O–H groups in total. The first-order valence-electron chi connectivity index (χ1n) is 6.19. The van der Waals surface area contributed by atoms with Crippen molar-refractivity contribution in [1.29, 1.82) is 0 Å². The van der Waals surface area contributed by atoms with Gasteiger partial charge in [-0.05, 0) is 37.1 Å². The number of nitrogens with zero attached hydrogens (tertiary/aromatic N) is 3. The minimum absolute atomic E-state index is 0.00918. The van der Waals surface area contributed by atoms with Crippen molar-refractivity contribution >= 4 is 47.0 Å². The highest BCUT2D eigenvalue weighted by molar-refractivity contribution is 7.98. The molecule has 1 unspecified atom stereocenters. The van der Waals surface area contributed by atoms with Crippen molar-refractivity contribution in [1.82, 2.24) is 15.0 Å². The van der Waals surface area contributed by atoms with Crippen LogP contribution in [0.2, 0.25) is 5.02 Å². The molecule has 0 saturated heterocycles. The number of nitrogen functional groups attached to an aromatic ring is 1. The van der Waals surface area contributed by atoms with E-state index in [0.717, 1.165) is 15.5 Å². The molecule has 0 amide bonds. The summed E-state index contributed by atoms with van der Waals surface area (Å²) in [6.07, 6.45) is 3.89. The van der Waals surface area contributed by atoms with Gasteiger partial charge in [0.15, 0.2) is 5.16 Å². The average molecular weight is 342 g/mol. The largest absolute Gasteiger partial charge is 0.368 e. The molecule has 0 radical (unpaired) electrons. The number of benzene rings is 1. The van der Waals surface area contributed by atoms with E-state index in [1.54, 1.807) is 11.8 Å². The van der Waals surface area contributed by atoms with E-state index in [1.807, 2.05) is 37.6 Å². The SMILES string of the molecule is CSc1nc(N)nc(NC(C)c2ccc(SC)c(Cl)c2)n1. The Morgan fingerprint density at radius 1 is 1.19 bits per heavy atom. The third-order valence-corrected chi connectivity index (χ3v) is 4.60. The van der Waals surface area contributed by atoms with Crippen LogP contribution in [-0.4, -0.2) is 27.5 Å². The van der Waals surface area contributed by atoms with Crippen LogP contribution in [0.1, 0.15) is 18.5 Å². The number of hydrogen-bond donors (Lipinski definition) is 2. The minimum atomic E-state index is 0.00918. The van der Waals surface area contributed by atoms with E-state index in [0.29, 0.717) is 11.1 Å². The molecular formula is C13H16ClN5S2. The van der Waals surface area contributed by atoms with Gasteiger partial charge in [0.1, 0.15) is 0 Å². The smallest absolute Gasteiger partial charge is 0.228 e. The zero-order valence-corrected chi connectivity index (χ0v) is 14.3. The van der Waals surface area contributed by atoms with E-state index in [1.165, 1.54) is 11.8 Å². The van der Waals surface area contributed by atoms with Gasteiger partial charge < -0.3 is 11.1 Å². The van der Waals surface area contributed by atoms with Gasteiger partial charge in [-0.2, -0.15) is 15.0 Å². The molecule has 5 nitrogen and oxygen atoms in total. The third kappa shape index (κ3) is 4.15. The van der Waals surface area contributed by atoms with Gasteiger partial charge in [-0.3, -0.25) is 0 Å². The predicted molar refractivity (Wildman–Crippen MR) is 91.3 cm³/mol. The van der Waals surface area contributed by atoms with Crippen LogP contribution in [0, 0.1) is 0 Å². The Hall–Kier alpha value is -1.18. The Bertz CT molecular complexity index is 638. The molecule has 0 aliphatic heterocycles. The monoisotopic (exact) mass is 341 g/mol. The summed E-state index contributed by atoms with van der Waals surface area (Å²) in [5, 5.41) is 4.55. The molecule has 0 bridgehead atoms. The second-order valence-electron chi connectivity index (χ2n) is 4.26. The first-order chi connectivity index (χ1) is 10.0. The molecule has 2 aromatic rings. The van der Waals surface area contributed by atoms with E-state index in [-0.39, 0.29) is 12.0 Å². The molecule has 1 atom stereocenters. The van der Waals surface area contributed by atoms with Crippen molar-refractivity contribution < 1.29 is 0 Å². The van der Waals surface area contributed by atoms with Crippen LogP contribution in [0.15, 0.2) is 28.3 Å². The molecular weight excluding hydrogens is 326 g/mol. The highest BCUT2D eigenvalue weighted by atomic mass is 35.5. The van der Waals surface area contributed by atoms with Gasteiger partial charge in [-0.15, -0.1) is 11.8 Å². The third-order valence-electron chi connectivity index (χ3n) is 2.84. The Morgan fingerprint density at radius 3 is 2.57 bits per heavy atom. The maximum absolute atomic E-state index is 6.24. The van der Waals surface area contributed by atoms with Gasteiger partial charge in [0, 0.05) is 4.90 Å². The molecule has 0 aliphatic carbocycles. The Labute approximate surface area is 137 Å². The van der Waals surface area contributed by atoms with E-state index >= 15 is 0 Å². The molecule has 1 aromatic heterocycles. The highest BCUT2D eigenvalue weighted by Crippen LogP contribution is 2.29. The molecule has 0 aliphatic rings. The number of thioether (sulfide) groups is 2. The lowest BCUT2D eigenvalue weighted by atomic mass is 10.1. The van der Waals surface area contributed by atoms with E-state index in [9.17, 15) is 0 Å². The number of halogens is 1. The lowest BCUT2D eigenvalue weighted by molar-refractivity contribution is 0.830. The van der Waals surface area contributed by atoms with Crippen molar-refractivity contribution in [3.8, 4) is 0 Å². The number of nitrogens with one attached hydrogen (secondary N) is 1. The second kappa shape index (κ2) is 7.20. The maximum atomic E-state index is 6.24. The van der Waals surface area contributed by atoms with E-state index in [2.05, 4.69) is 20.3 Å². The van der Waals surface area contributed by atoms with Crippen molar-refractivity contribution in [2.45, 2.75) is 23.0 Å². The Kier molecular flexibility index (Phi) is 5.55. The summed E-state index contributed by atoms with van der Waals surface area (Å²) in [5.41, 5.74) is 6.73. The number of hydrogen-bond acceptors (Lipinski definition) is 7. The quantitative estimate of drug-likeness (QED) is 0.802. The van der Waals surface area contributed by atoms with Crippen molar-refractivity contribution in [3.05, 3.63) is 28.8 Å². The molecule has 21 heavy (non-hydrogen) atoms. The zero-order chi connectivity index (χ0) is 15.4. The van der Waals surface area contributed by atoms with E-state index < -0.39 is 0 Å². The second-order valence-corrected chi connectivity index (χ2v) is 6.29. The standard InChI is InChI=1S/C13H16ClN5S2/c1-7(8-4-5-10(20-2)9(14)6-8)16-12-17-11(15)18-13(19-12)21-3/h4-7H,1-3H3,(H3,15,16,17,18,19). The molecule has 0 saturated carbocycles. The predicted octanol–water partition coefficient (Wildman–Crippen LogP) is 3.72. The fourth-order valence-electron chi connectivity index (χ4n) is 1.76. The Morgan fingerprint density at radius 2 is 1.95 bits per heavy atom. The van der Waals surface area contributed by atoms with Crippen molar-refractivity contribution in [3.63, 3.8) is 0 Å². The molecule has 112 valence electrons. The number of aromatic nitrogens is 3. The van der Waals surface area contributed by atoms with Crippen LogP contribution in [0.4, 0.5) is 11.9 Å². The summed E-state index contributed by atoms with van der Waals surface area (Å²) < 4.78 is 0. The van der Waals surface area contributed by atoms with Crippen LogP contribution in [0.25, 0.3) is 0 Å². The van der Waals surface area contributed by atoms with Gasteiger partial charge in [0.25, 0.3) is 0 Å². The topological polar surface area (TPSA) is 76.7 Å². The van der Waals surface area contributed by atoms with Crippen molar-refractivity contribution in [2.24, 2.45) is 0 Å². The highest BCUT2D eigenvalue weighted by Gasteiger charge is 2.11. The molecule has 1 aromatic carbocycles. The average Bonchev–Trinajstić information content (AvgIpc) is 2.46. The number of rotatable bonds is 5. The number of anilines is 2. The van der Waals surface area contributed by atoms with Crippen LogP contribution < -0.4 is 11.1 Å². The van der Waals surface area contributed by atoms with Gasteiger partial charge in [0.05, 0.1) is 11.1 Å². The molecule has 1 heterocycles. The van der Waals surface area contributed by atoms with E-state index in [4.69, 9.17) is 17.3 Å². The van der Waals surface area contributed by atoms with Crippen LogP contribution >= 0.6 is 35.1 Å². The number of nitrogens with two attached hydrogens (primary N) is 1.